The second-order valence-electron chi connectivity index (χ2n) is 6.93. The predicted molar refractivity (Wildman–Crippen MR) is 121 cm³/mol. The fraction of sp³-hybridized carbons (Fsp3) is 0.160. The van der Waals surface area contributed by atoms with Crippen molar-refractivity contribution in [1.29, 1.82) is 0 Å². The number of carbonyl (C=O) groups is 1. The van der Waals surface area contributed by atoms with Gasteiger partial charge in [-0.1, -0.05) is 83.6 Å². The van der Waals surface area contributed by atoms with Crippen molar-refractivity contribution in [2.45, 2.75) is 12.3 Å². The van der Waals surface area contributed by atoms with Gasteiger partial charge in [-0.2, -0.15) is 0 Å². The number of hydrogen-bond donors (Lipinski definition) is 1. The number of nitrogens with one attached hydrogen (secondary N) is 1. The van der Waals surface area contributed by atoms with E-state index in [9.17, 15) is 4.79 Å². The smallest absolute Gasteiger partial charge is 0.407 e. The first kappa shape index (κ1) is 20.3. The number of ether oxygens (including phenoxy) is 1. The molecule has 0 unspecified atom stereocenters. The number of carbonyl (C=O) groups excluding carboxylic acids is 1. The van der Waals surface area contributed by atoms with Gasteiger partial charge in [0.2, 0.25) is 0 Å². The van der Waals surface area contributed by atoms with Crippen molar-refractivity contribution >= 4 is 29.3 Å². The van der Waals surface area contributed by atoms with E-state index >= 15 is 0 Å². The van der Waals surface area contributed by atoms with Gasteiger partial charge in [-0.15, -0.1) is 0 Å². The fourth-order valence-corrected chi connectivity index (χ4v) is 4.08. The predicted octanol–water partition coefficient (Wildman–Crippen LogP) is 6.27. The number of hydrogen-bond acceptors (Lipinski definition) is 2. The van der Waals surface area contributed by atoms with E-state index in [0.717, 1.165) is 0 Å². The highest BCUT2D eigenvalue weighted by Gasteiger charge is 2.28. The first-order valence-electron chi connectivity index (χ1n) is 9.66. The Morgan fingerprint density at radius 2 is 1.63 bits per heavy atom. The lowest BCUT2D eigenvalue weighted by Crippen LogP contribution is -2.26. The minimum Gasteiger partial charge on any atom is -0.449 e. The van der Waals surface area contributed by atoms with Crippen LogP contribution in [-0.4, -0.2) is 19.2 Å². The third kappa shape index (κ3) is 4.46. The Bertz CT molecular complexity index is 1100. The zero-order valence-corrected chi connectivity index (χ0v) is 17.6. The van der Waals surface area contributed by atoms with Crippen LogP contribution in [0.2, 0.25) is 10.0 Å². The van der Waals surface area contributed by atoms with E-state index < -0.39 is 6.09 Å². The molecule has 0 aliphatic heterocycles. The highest BCUT2D eigenvalue weighted by Crippen LogP contribution is 2.44. The van der Waals surface area contributed by atoms with Crippen LogP contribution in [0.1, 0.15) is 29.0 Å². The number of rotatable bonds is 4. The van der Waals surface area contributed by atoms with E-state index in [1.165, 1.54) is 22.3 Å². The molecule has 0 bridgehead atoms. The molecule has 0 radical (unpaired) electrons. The van der Waals surface area contributed by atoms with Crippen LogP contribution in [0, 0.1) is 11.8 Å². The Kier molecular flexibility index (Phi) is 6.28. The summed E-state index contributed by atoms with van der Waals surface area (Å²) >= 11 is 12.0. The fourth-order valence-electron chi connectivity index (χ4n) is 3.63. The molecule has 0 saturated carbocycles. The maximum absolute atomic E-state index is 12.1. The van der Waals surface area contributed by atoms with Crippen LogP contribution in [-0.2, 0) is 4.74 Å². The van der Waals surface area contributed by atoms with Gasteiger partial charge in [0.15, 0.2) is 0 Å². The summed E-state index contributed by atoms with van der Waals surface area (Å²) in [6, 6.07) is 21.7. The van der Waals surface area contributed by atoms with Gasteiger partial charge in [-0.3, -0.25) is 0 Å². The second-order valence-corrected chi connectivity index (χ2v) is 7.77. The van der Waals surface area contributed by atoms with Crippen molar-refractivity contribution in [2.75, 3.05) is 13.2 Å². The molecule has 0 spiro atoms. The second kappa shape index (κ2) is 9.26. The molecule has 150 valence electrons. The molecule has 1 aliphatic rings. The average molecular weight is 436 g/mol. The molecule has 0 aromatic heterocycles. The molecule has 5 heteroatoms. The van der Waals surface area contributed by atoms with Gasteiger partial charge in [0.1, 0.15) is 6.61 Å². The summed E-state index contributed by atoms with van der Waals surface area (Å²) in [4.78, 5) is 12.1. The zero-order valence-electron chi connectivity index (χ0n) is 16.1. The van der Waals surface area contributed by atoms with Crippen molar-refractivity contribution in [3.63, 3.8) is 0 Å². The quantitative estimate of drug-likeness (QED) is 0.387. The molecular formula is C25H19Cl2NO2. The first-order chi connectivity index (χ1) is 14.6. The van der Waals surface area contributed by atoms with Crippen molar-refractivity contribution in [2.24, 2.45) is 0 Å². The number of fused-ring (bicyclic) bond motifs is 3. The van der Waals surface area contributed by atoms with Gasteiger partial charge in [0.25, 0.3) is 0 Å². The molecule has 0 heterocycles. The summed E-state index contributed by atoms with van der Waals surface area (Å²) < 4.78 is 5.50. The molecule has 0 saturated heterocycles. The summed E-state index contributed by atoms with van der Waals surface area (Å²) in [5.41, 5.74) is 5.51. The normalized spacial score (nSPS) is 11.8. The first-order valence-corrected chi connectivity index (χ1v) is 10.4. The third-order valence-corrected chi connectivity index (χ3v) is 5.57. The van der Waals surface area contributed by atoms with Crippen molar-refractivity contribution in [3.8, 4) is 23.0 Å². The molecule has 1 aliphatic carbocycles. The highest BCUT2D eigenvalue weighted by molar-refractivity contribution is 6.35. The molecular weight excluding hydrogens is 417 g/mol. The van der Waals surface area contributed by atoms with Crippen LogP contribution in [0.4, 0.5) is 4.79 Å². The number of halogens is 2. The minimum atomic E-state index is -0.441. The molecule has 3 nitrogen and oxygen atoms in total. The molecule has 3 aromatic rings. The zero-order chi connectivity index (χ0) is 20.9. The van der Waals surface area contributed by atoms with Crippen molar-refractivity contribution < 1.29 is 9.53 Å². The summed E-state index contributed by atoms with van der Waals surface area (Å²) in [6.07, 6.45) is 0.0477. The molecule has 1 N–H and O–H groups in total. The molecule has 0 fully saturated rings. The average Bonchev–Trinajstić information content (AvgIpc) is 3.07. The Labute approximate surface area is 186 Å². The maximum atomic E-state index is 12.1. The van der Waals surface area contributed by atoms with Gasteiger partial charge in [-0.05, 0) is 40.5 Å². The summed E-state index contributed by atoms with van der Waals surface area (Å²) in [7, 11) is 0. The lowest BCUT2D eigenvalue weighted by molar-refractivity contribution is 0.143. The van der Waals surface area contributed by atoms with Crippen LogP contribution in [0.15, 0.2) is 66.7 Å². The van der Waals surface area contributed by atoms with Crippen LogP contribution < -0.4 is 5.32 Å². The Hall–Kier alpha value is -2.93. The maximum Gasteiger partial charge on any atom is 0.407 e. The SMILES string of the molecule is O=C(NCCC#Cc1ccc(Cl)cc1Cl)OCC1c2ccccc2-c2ccccc21. The van der Waals surface area contributed by atoms with Gasteiger partial charge < -0.3 is 10.1 Å². The monoisotopic (exact) mass is 435 g/mol. The Balaban J connectivity index is 1.29. The molecule has 1 amide bonds. The topological polar surface area (TPSA) is 38.3 Å². The van der Waals surface area contributed by atoms with Crippen LogP contribution in [0.3, 0.4) is 0 Å². The molecule has 3 aromatic carbocycles. The number of benzene rings is 3. The third-order valence-electron chi connectivity index (χ3n) is 5.02. The van der Waals surface area contributed by atoms with Crippen LogP contribution >= 0.6 is 23.2 Å². The Morgan fingerprint density at radius 3 is 2.30 bits per heavy atom. The summed E-state index contributed by atoms with van der Waals surface area (Å²) in [6.45, 7) is 0.695. The van der Waals surface area contributed by atoms with Crippen molar-refractivity contribution in [1.82, 2.24) is 5.32 Å². The number of amides is 1. The van der Waals surface area contributed by atoms with Gasteiger partial charge >= 0.3 is 6.09 Å². The van der Waals surface area contributed by atoms with Gasteiger partial charge in [0, 0.05) is 29.5 Å². The lowest BCUT2D eigenvalue weighted by Gasteiger charge is -2.14. The van der Waals surface area contributed by atoms with Crippen LogP contribution in [0.5, 0.6) is 0 Å². The van der Waals surface area contributed by atoms with E-state index in [-0.39, 0.29) is 5.92 Å². The summed E-state index contributed by atoms with van der Waals surface area (Å²) in [5, 5.41) is 3.83. The van der Waals surface area contributed by atoms with Crippen molar-refractivity contribution in [3.05, 3.63) is 93.5 Å². The standard InChI is InChI=1S/C25H19Cl2NO2/c26-18-13-12-17(24(27)15-18)7-5-6-14-28-25(29)30-16-23-21-10-3-1-8-19(21)20-9-2-4-11-22(20)23/h1-4,8-13,15,23H,6,14,16H2,(H,28,29). The van der Waals surface area contributed by atoms with E-state index in [1.807, 2.05) is 24.3 Å². The van der Waals surface area contributed by atoms with E-state index in [0.29, 0.717) is 35.2 Å². The largest absolute Gasteiger partial charge is 0.449 e. The van der Waals surface area contributed by atoms with E-state index in [2.05, 4.69) is 41.4 Å². The van der Waals surface area contributed by atoms with Gasteiger partial charge in [0.05, 0.1) is 5.02 Å². The number of alkyl carbamates (subject to hydrolysis) is 1. The molecule has 4 rings (SSSR count). The highest BCUT2D eigenvalue weighted by atomic mass is 35.5. The van der Waals surface area contributed by atoms with E-state index in [4.69, 9.17) is 27.9 Å². The minimum absolute atomic E-state index is 0.0509. The Morgan fingerprint density at radius 1 is 0.967 bits per heavy atom. The molecule has 30 heavy (non-hydrogen) atoms. The lowest BCUT2D eigenvalue weighted by atomic mass is 9.98. The summed E-state index contributed by atoms with van der Waals surface area (Å²) in [5.74, 6) is 6.02. The van der Waals surface area contributed by atoms with Gasteiger partial charge in [-0.25, -0.2) is 4.79 Å². The van der Waals surface area contributed by atoms with E-state index in [1.54, 1.807) is 18.2 Å². The molecule has 0 atom stereocenters. The van der Waals surface area contributed by atoms with Crippen LogP contribution in [0.25, 0.3) is 11.1 Å².